The fourth-order valence-corrected chi connectivity index (χ4v) is 5.08. The first-order valence-electron chi connectivity index (χ1n) is 10.3. The number of fused-ring (bicyclic) bond motifs is 2. The third-order valence-electron chi connectivity index (χ3n) is 6.57. The fourth-order valence-electron chi connectivity index (χ4n) is 5.08. The van der Waals surface area contributed by atoms with E-state index in [1.54, 1.807) is 25.8 Å². The topological polar surface area (TPSA) is 60.9 Å². The average molecular weight is 390 g/mol. The number of benzene rings is 2. The number of carbonyl (C=O) groups is 2. The summed E-state index contributed by atoms with van der Waals surface area (Å²) in [6, 6.07) is 11.8. The minimum Gasteiger partial charge on any atom is -0.388 e. The van der Waals surface area contributed by atoms with Crippen molar-refractivity contribution in [3.05, 3.63) is 53.1 Å². The molecule has 1 fully saturated rings. The number of rotatable bonds is 4. The molecule has 2 aromatic rings. The van der Waals surface area contributed by atoms with E-state index in [1.165, 1.54) is 0 Å². The minimum absolute atomic E-state index is 0.000413. The summed E-state index contributed by atoms with van der Waals surface area (Å²) in [4.78, 5) is 29.1. The van der Waals surface area contributed by atoms with Gasteiger partial charge in [-0.1, -0.05) is 30.3 Å². The maximum Gasteiger partial charge on any atom is 0.255 e. The zero-order chi connectivity index (χ0) is 20.5. The predicted octanol–water partition coefficient (Wildman–Crippen LogP) is 3.38. The second-order valence-electron chi connectivity index (χ2n) is 9.18. The number of likely N-dealkylation sites (N-methyl/N-ethyl adjacent to an activating group) is 1. The Hall–Kier alpha value is -2.66. The van der Waals surface area contributed by atoms with Crippen molar-refractivity contribution in [2.75, 3.05) is 11.9 Å². The highest BCUT2D eigenvalue weighted by atomic mass is 16.3. The Balaban J connectivity index is 1.56. The second-order valence-corrected chi connectivity index (χ2v) is 9.18. The largest absolute Gasteiger partial charge is 0.388 e. The van der Waals surface area contributed by atoms with E-state index >= 15 is 0 Å². The number of carbonyl (C=O) groups excluding carboxylic acids is 2. The highest BCUT2D eigenvalue weighted by Gasteiger charge is 2.48. The first-order valence-corrected chi connectivity index (χ1v) is 10.3. The van der Waals surface area contributed by atoms with Crippen LogP contribution in [0.5, 0.6) is 0 Å². The van der Waals surface area contributed by atoms with Crippen LogP contribution in [-0.2, 0) is 17.8 Å². The molecule has 2 aliphatic heterocycles. The molecular formula is C24H26N2O3. The molecule has 0 bridgehead atoms. The van der Waals surface area contributed by atoms with Crippen LogP contribution in [0.3, 0.4) is 0 Å². The molecule has 1 atom stereocenters. The summed E-state index contributed by atoms with van der Waals surface area (Å²) in [6.45, 7) is 4.15. The van der Waals surface area contributed by atoms with Crippen molar-refractivity contribution in [1.29, 1.82) is 0 Å². The Morgan fingerprint density at radius 1 is 1.10 bits per heavy atom. The van der Waals surface area contributed by atoms with E-state index in [0.29, 0.717) is 18.9 Å². The zero-order valence-electron chi connectivity index (χ0n) is 17.1. The van der Waals surface area contributed by atoms with Gasteiger partial charge in [0.05, 0.1) is 23.6 Å². The molecule has 2 aromatic carbocycles. The van der Waals surface area contributed by atoms with E-state index < -0.39 is 5.60 Å². The number of nitrogens with zero attached hydrogens (tertiary/aromatic N) is 2. The molecule has 0 radical (unpaired) electrons. The molecule has 5 nitrogen and oxygen atoms in total. The molecule has 5 heteroatoms. The van der Waals surface area contributed by atoms with Crippen molar-refractivity contribution in [3.63, 3.8) is 0 Å². The first-order chi connectivity index (χ1) is 13.8. The van der Waals surface area contributed by atoms with Gasteiger partial charge in [-0.3, -0.25) is 9.59 Å². The summed E-state index contributed by atoms with van der Waals surface area (Å²) in [5, 5.41) is 10.8. The van der Waals surface area contributed by atoms with E-state index in [4.69, 9.17) is 0 Å². The number of hydrogen-bond acceptors (Lipinski definition) is 3. The van der Waals surface area contributed by atoms with Gasteiger partial charge in [0.1, 0.15) is 0 Å². The normalized spacial score (nSPS) is 19.6. The lowest BCUT2D eigenvalue weighted by atomic mass is 9.92. The highest BCUT2D eigenvalue weighted by molar-refractivity contribution is 6.06. The fraction of sp³-hybridized carbons (Fsp3) is 0.417. The predicted molar refractivity (Wildman–Crippen MR) is 112 cm³/mol. The third-order valence-corrected chi connectivity index (χ3v) is 6.57. The summed E-state index contributed by atoms with van der Waals surface area (Å²) in [7, 11) is 1.80. The van der Waals surface area contributed by atoms with E-state index in [2.05, 4.69) is 0 Å². The molecule has 3 aliphatic rings. The lowest BCUT2D eigenvalue weighted by Gasteiger charge is -2.37. The van der Waals surface area contributed by atoms with Crippen molar-refractivity contribution < 1.29 is 14.7 Å². The summed E-state index contributed by atoms with van der Waals surface area (Å²) in [6.07, 6.45) is 2.56. The van der Waals surface area contributed by atoms with Crippen molar-refractivity contribution in [3.8, 4) is 11.1 Å². The van der Waals surface area contributed by atoms with Crippen LogP contribution in [0, 0.1) is 5.92 Å². The van der Waals surface area contributed by atoms with Crippen LogP contribution in [0.1, 0.15) is 48.2 Å². The van der Waals surface area contributed by atoms with Crippen LogP contribution < -0.4 is 4.90 Å². The van der Waals surface area contributed by atoms with Crippen molar-refractivity contribution in [2.24, 2.45) is 5.92 Å². The second kappa shape index (κ2) is 6.17. The molecule has 1 saturated carbocycles. The van der Waals surface area contributed by atoms with Crippen LogP contribution >= 0.6 is 0 Å². The highest BCUT2D eigenvalue weighted by Crippen LogP contribution is 2.44. The van der Waals surface area contributed by atoms with E-state index in [9.17, 15) is 14.7 Å². The van der Waals surface area contributed by atoms with E-state index in [1.807, 2.05) is 41.3 Å². The van der Waals surface area contributed by atoms with Crippen molar-refractivity contribution in [2.45, 2.75) is 51.3 Å². The van der Waals surface area contributed by atoms with Gasteiger partial charge in [-0.2, -0.15) is 0 Å². The first kappa shape index (κ1) is 18.4. The number of amides is 2. The Morgan fingerprint density at radius 2 is 1.86 bits per heavy atom. The number of hydrogen-bond donors (Lipinski definition) is 1. The van der Waals surface area contributed by atoms with Gasteiger partial charge >= 0.3 is 0 Å². The van der Waals surface area contributed by atoms with Crippen molar-refractivity contribution in [1.82, 2.24) is 4.90 Å². The van der Waals surface area contributed by atoms with Gasteiger partial charge in [0, 0.05) is 19.3 Å². The van der Waals surface area contributed by atoms with Crippen LogP contribution in [0.4, 0.5) is 5.69 Å². The van der Waals surface area contributed by atoms with Gasteiger partial charge in [-0.25, -0.2) is 0 Å². The Kier molecular flexibility index (Phi) is 3.91. The molecular weight excluding hydrogens is 364 g/mol. The van der Waals surface area contributed by atoms with Gasteiger partial charge in [0.2, 0.25) is 5.91 Å². The molecule has 1 N–H and O–H groups in total. The van der Waals surface area contributed by atoms with E-state index in [-0.39, 0.29) is 17.9 Å². The van der Waals surface area contributed by atoms with Gasteiger partial charge in [0.15, 0.2) is 0 Å². The summed E-state index contributed by atoms with van der Waals surface area (Å²) >= 11 is 0. The third kappa shape index (κ3) is 2.87. The quantitative estimate of drug-likeness (QED) is 0.871. The molecule has 5 rings (SSSR count). The maximum absolute atomic E-state index is 13.5. The summed E-state index contributed by atoms with van der Waals surface area (Å²) in [5.74, 6) is 0.464. The Morgan fingerprint density at radius 3 is 2.55 bits per heavy atom. The van der Waals surface area contributed by atoms with Gasteiger partial charge in [-0.05, 0) is 60.9 Å². The average Bonchev–Trinajstić information content (AvgIpc) is 3.38. The molecule has 29 heavy (non-hydrogen) atoms. The molecule has 0 spiro atoms. The van der Waals surface area contributed by atoms with Crippen LogP contribution in [-0.4, -0.2) is 40.5 Å². The molecule has 0 saturated heterocycles. The Bertz CT molecular complexity index is 1030. The van der Waals surface area contributed by atoms with Crippen molar-refractivity contribution >= 4 is 17.5 Å². The standard InChI is InChI=1S/C24H26N2O3/c1-24(2,29)22(14-7-8-14)26-13-17-5-4-6-18(21(17)23(26)28)15-9-10-16-12-20(27)25(3)19(16)11-15/h4-6,9-11,14,22,29H,7-8,12-13H2,1-3H3/t22-/m1/s1. The monoisotopic (exact) mass is 390 g/mol. The van der Waals surface area contributed by atoms with Crippen LogP contribution in [0.15, 0.2) is 36.4 Å². The Labute approximate surface area is 170 Å². The molecule has 0 aromatic heterocycles. The number of anilines is 1. The molecule has 2 heterocycles. The minimum atomic E-state index is -0.935. The lowest BCUT2D eigenvalue weighted by Crippen LogP contribution is -2.51. The zero-order valence-corrected chi connectivity index (χ0v) is 17.1. The molecule has 2 amide bonds. The summed E-state index contributed by atoms with van der Waals surface area (Å²) in [5.41, 5.74) is 4.59. The number of aliphatic hydroxyl groups is 1. The van der Waals surface area contributed by atoms with Gasteiger partial charge in [-0.15, -0.1) is 0 Å². The molecule has 1 aliphatic carbocycles. The molecule has 150 valence electrons. The van der Waals surface area contributed by atoms with Gasteiger partial charge in [0.25, 0.3) is 5.91 Å². The van der Waals surface area contributed by atoms with Crippen LogP contribution in [0.2, 0.25) is 0 Å². The van der Waals surface area contributed by atoms with Gasteiger partial charge < -0.3 is 14.9 Å². The SMILES string of the molecule is CN1C(=O)Cc2ccc(-c3cccc4c3C(=O)N([C@H](C3CC3)C(C)(C)O)C4)cc21. The van der Waals surface area contributed by atoms with Crippen LogP contribution in [0.25, 0.3) is 11.1 Å². The van der Waals surface area contributed by atoms with E-state index in [0.717, 1.165) is 46.3 Å². The molecule has 0 unspecified atom stereocenters. The summed E-state index contributed by atoms with van der Waals surface area (Å²) < 4.78 is 0. The smallest absolute Gasteiger partial charge is 0.255 e. The maximum atomic E-state index is 13.5. The lowest BCUT2D eigenvalue weighted by molar-refractivity contribution is -0.117.